The highest BCUT2D eigenvalue weighted by atomic mass is 16.5. The zero-order valence-corrected chi connectivity index (χ0v) is 15.5. The van der Waals surface area contributed by atoms with Crippen LogP contribution in [0.2, 0.25) is 0 Å². The van der Waals surface area contributed by atoms with Crippen LogP contribution in [-0.2, 0) is 16.0 Å². The quantitative estimate of drug-likeness (QED) is 0.763. The predicted molar refractivity (Wildman–Crippen MR) is 103 cm³/mol. The number of ether oxygens (including phenoxy) is 1. The molecule has 1 atom stereocenters. The first-order valence-corrected chi connectivity index (χ1v) is 8.85. The summed E-state index contributed by atoms with van der Waals surface area (Å²) in [5.41, 5.74) is 2.91. The molecule has 0 aliphatic rings. The molecule has 26 heavy (non-hydrogen) atoms. The first-order valence-electron chi connectivity index (χ1n) is 8.85. The molecule has 0 saturated carbocycles. The zero-order chi connectivity index (χ0) is 18.9. The Balaban J connectivity index is 1.92. The number of nitrogens with one attached hydrogen (secondary N) is 2. The molecule has 0 heterocycles. The van der Waals surface area contributed by atoms with E-state index in [1.54, 1.807) is 7.05 Å². The number of carbonyl (C=O) groups excluding carboxylic acids is 2. The molecule has 0 saturated heterocycles. The van der Waals surface area contributed by atoms with Crippen molar-refractivity contribution < 1.29 is 14.3 Å². The van der Waals surface area contributed by atoms with Crippen molar-refractivity contribution in [2.24, 2.45) is 0 Å². The Morgan fingerprint density at radius 3 is 2.27 bits per heavy atom. The predicted octanol–water partition coefficient (Wildman–Crippen LogP) is 3.47. The second-order valence-corrected chi connectivity index (χ2v) is 6.19. The SMILES string of the molecule is CCC(Oc1ccc(C)cc1)C(=O)Nc1ccc(CCC(=O)NC)cc1. The van der Waals surface area contributed by atoms with E-state index in [0.29, 0.717) is 30.7 Å². The lowest BCUT2D eigenvalue weighted by Crippen LogP contribution is -2.32. The summed E-state index contributed by atoms with van der Waals surface area (Å²) in [6.07, 6.45) is 1.14. The minimum absolute atomic E-state index is 0.0152. The van der Waals surface area contributed by atoms with Gasteiger partial charge in [0.25, 0.3) is 5.91 Å². The molecule has 0 bridgehead atoms. The van der Waals surface area contributed by atoms with Crippen molar-refractivity contribution in [1.29, 1.82) is 0 Å². The third-order valence-corrected chi connectivity index (χ3v) is 4.10. The van der Waals surface area contributed by atoms with Crippen LogP contribution in [0.15, 0.2) is 48.5 Å². The molecule has 138 valence electrons. The van der Waals surface area contributed by atoms with E-state index in [1.165, 1.54) is 0 Å². The van der Waals surface area contributed by atoms with Gasteiger partial charge in [-0.25, -0.2) is 0 Å². The summed E-state index contributed by atoms with van der Waals surface area (Å²) in [6, 6.07) is 15.2. The summed E-state index contributed by atoms with van der Waals surface area (Å²) in [7, 11) is 1.63. The van der Waals surface area contributed by atoms with Crippen LogP contribution in [0, 0.1) is 6.92 Å². The van der Waals surface area contributed by atoms with E-state index in [2.05, 4.69) is 10.6 Å². The lowest BCUT2D eigenvalue weighted by atomic mass is 10.1. The first kappa shape index (κ1) is 19.5. The Hall–Kier alpha value is -2.82. The van der Waals surface area contributed by atoms with E-state index in [1.807, 2.05) is 62.4 Å². The van der Waals surface area contributed by atoms with Gasteiger partial charge in [0.05, 0.1) is 0 Å². The molecule has 2 aromatic carbocycles. The van der Waals surface area contributed by atoms with E-state index >= 15 is 0 Å². The molecular weight excluding hydrogens is 328 g/mol. The van der Waals surface area contributed by atoms with Gasteiger partial charge in [0.15, 0.2) is 6.10 Å². The van der Waals surface area contributed by atoms with Crippen LogP contribution in [0.5, 0.6) is 5.75 Å². The zero-order valence-electron chi connectivity index (χ0n) is 15.5. The van der Waals surface area contributed by atoms with Crippen molar-refractivity contribution in [1.82, 2.24) is 5.32 Å². The number of rotatable bonds is 8. The van der Waals surface area contributed by atoms with Crippen LogP contribution >= 0.6 is 0 Å². The topological polar surface area (TPSA) is 67.4 Å². The van der Waals surface area contributed by atoms with Gasteiger partial charge in [-0.15, -0.1) is 0 Å². The third kappa shape index (κ3) is 5.92. The number of benzene rings is 2. The van der Waals surface area contributed by atoms with Crippen LogP contribution < -0.4 is 15.4 Å². The Morgan fingerprint density at radius 1 is 1.04 bits per heavy atom. The summed E-state index contributed by atoms with van der Waals surface area (Å²) in [4.78, 5) is 23.8. The molecule has 2 N–H and O–H groups in total. The van der Waals surface area contributed by atoms with Gasteiger partial charge >= 0.3 is 0 Å². The van der Waals surface area contributed by atoms with Gasteiger partial charge in [0.2, 0.25) is 5.91 Å². The molecular formula is C21H26N2O3. The molecule has 0 aliphatic heterocycles. The number of aryl methyl sites for hydroxylation is 2. The van der Waals surface area contributed by atoms with E-state index < -0.39 is 6.10 Å². The average molecular weight is 354 g/mol. The number of hydrogen-bond donors (Lipinski definition) is 2. The lowest BCUT2D eigenvalue weighted by molar-refractivity contribution is -0.123. The number of anilines is 1. The van der Waals surface area contributed by atoms with Crippen LogP contribution in [0.4, 0.5) is 5.69 Å². The van der Waals surface area contributed by atoms with Gasteiger partial charge in [0, 0.05) is 19.2 Å². The van der Waals surface area contributed by atoms with Crippen molar-refractivity contribution in [3.05, 3.63) is 59.7 Å². The third-order valence-electron chi connectivity index (χ3n) is 4.10. The largest absolute Gasteiger partial charge is 0.481 e. The average Bonchev–Trinajstić information content (AvgIpc) is 2.66. The fourth-order valence-electron chi connectivity index (χ4n) is 2.46. The standard InChI is InChI=1S/C21H26N2O3/c1-4-19(26-18-12-5-15(2)6-13-18)21(25)23-17-10-7-16(8-11-17)9-14-20(24)22-3/h5-8,10-13,19H,4,9,14H2,1-3H3,(H,22,24)(H,23,25). The first-order chi connectivity index (χ1) is 12.5. The maximum Gasteiger partial charge on any atom is 0.265 e. The molecule has 5 nitrogen and oxygen atoms in total. The van der Waals surface area contributed by atoms with Gasteiger partial charge in [-0.2, -0.15) is 0 Å². The number of amides is 2. The van der Waals surface area contributed by atoms with E-state index in [9.17, 15) is 9.59 Å². The van der Waals surface area contributed by atoms with Gasteiger partial charge in [0.1, 0.15) is 5.75 Å². The van der Waals surface area contributed by atoms with Crippen molar-refractivity contribution >= 4 is 17.5 Å². The van der Waals surface area contributed by atoms with Crippen LogP contribution in [0.3, 0.4) is 0 Å². The van der Waals surface area contributed by atoms with Crippen LogP contribution in [0.1, 0.15) is 30.9 Å². The molecule has 5 heteroatoms. The van der Waals surface area contributed by atoms with E-state index in [4.69, 9.17) is 4.74 Å². The maximum atomic E-state index is 12.5. The van der Waals surface area contributed by atoms with E-state index in [-0.39, 0.29) is 11.8 Å². The Kier molecular flexibility index (Phi) is 7.21. The minimum Gasteiger partial charge on any atom is -0.481 e. The summed E-state index contributed by atoms with van der Waals surface area (Å²) in [6.45, 7) is 3.92. The highest BCUT2D eigenvalue weighted by molar-refractivity contribution is 5.94. The molecule has 0 fully saturated rings. The Morgan fingerprint density at radius 2 is 1.69 bits per heavy atom. The fourth-order valence-corrected chi connectivity index (χ4v) is 2.46. The molecule has 0 spiro atoms. The smallest absolute Gasteiger partial charge is 0.265 e. The lowest BCUT2D eigenvalue weighted by Gasteiger charge is -2.17. The second-order valence-electron chi connectivity index (χ2n) is 6.19. The molecule has 2 rings (SSSR count). The van der Waals surface area contributed by atoms with Crippen molar-refractivity contribution in [3.8, 4) is 5.75 Å². The van der Waals surface area contributed by atoms with Crippen LogP contribution in [-0.4, -0.2) is 25.0 Å². The van der Waals surface area contributed by atoms with Crippen LogP contribution in [0.25, 0.3) is 0 Å². The molecule has 2 amide bonds. The molecule has 0 aliphatic carbocycles. The number of hydrogen-bond acceptors (Lipinski definition) is 3. The van der Waals surface area contributed by atoms with Gasteiger partial charge < -0.3 is 15.4 Å². The monoisotopic (exact) mass is 354 g/mol. The van der Waals surface area contributed by atoms with Gasteiger partial charge in [-0.3, -0.25) is 9.59 Å². The fraction of sp³-hybridized carbons (Fsp3) is 0.333. The van der Waals surface area contributed by atoms with Crippen molar-refractivity contribution in [2.45, 2.75) is 39.2 Å². The Labute approximate surface area is 154 Å². The second kappa shape index (κ2) is 9.61. The molecule has 2 aromatic rings. The maximum absolute atomic E-state index is 12.5. The normalized spacial score (nSPS) is 11.5. The molecule has 0 aromatic heterocycles. The summed E-state index contributed by atoms with van der Waals surface area (Å²) >= 11 is 0. The molecule has 1 unspecified atom stereocenters. The summed E-state index contributed by atoms with van der Waals surface area (Å²) in [5, 5.41) is 5.49. The van der Waals surface area contributed by atoms with Crippen molar-refractivity contribution in [2.75, 3.05) is 12.4 Å². The van der Waals surface area contributed by atoms with Gasteiger partial charge in [-0.05, 0) is 49.6 Å². The summed E-state index contributed by atoms with van der Waals surface area (Å²) < 4.78 is 5.80. The highest BCUT2D eigenvalue weighted by Gasteiger charge is 2.18. The highest BCUT2D eigenvalue weighted by Crippen LogP contribution is 2.17. The Bertz CT molecular complexity index is 724. The summed E-state index contributed by atoms with van der Waals surface area (Å²) in [5.74, 6) is 0.523. The number of carbonyl (C=O) groups is 2. The van der Waals surface area contributed by atoms with Gasteiger partial charge in [-0.1, -0.05) is 36.8 Å². The van der Waals surface area contributed by atoms with Crippen molar-refractivity contribution in [3.63, 3.8) is 0 Å². The minimum atomic E-state index is -0.550. The molecule has 0 radical (unpaired) electrons. The van der Waals surface area contributed by atoms with E-state index in [0.717, 1.165) is 11.1 Å².